The van der Waals surface area contributed by atoms with E-state index in [1.54, 1.807) is 13.1 Å². The third-order valence-corrected chi connectivity index (χ3v) is 30.4. The molecule has 0 N–H and O–H groups in total. The summed E-state index contributed by atoms with van der Waals surface area (Å²) in [4.78, 5) is 0. The Labute approximate surface area is 292 Å². The van der Waals surface area contributed by atoms with Crippen molar-refractivity contribution in [2.24, 2.45) is 0 Å². The molecule has 0 aromatic rings. The lowest BCUT2D eigenvalue weighted by molar-refractivity contribution is 0.00137. The van der Waals surface area contributed by atoms with Gasteiger partial charge in [-0.2, -0.15) is 0 Å². The van der Waals surface area contributed by atoms with Gasteiger partial charge in [0.05, 0.1) is 0 Å². The van der Waals surface area contributed by atoms with Crippen LogP contribution in [0.2, 0.25) is 32.7 Å². The maximum atomic E-state index is 6.44. The summed E-state index contributed by atoms with van der Waals surface area (Å²) in [6, 6.07) is 0. The zero-order valence-corrected chi connectivity index (χ0v) is 40.8. The van der Waals surface area contributed by atoms with Crippen LogP contribution in [0.1, 0.15) is 0 Å². The van der Waals surface area contributed by atoms with Gasteiger partial charge in [-0.05, 0) is 32.7 Å². The molecule has 0 spiro atoms. The van der Waals surface area contributed by atoms with Crippen LogP contribution >= 0.6 is 0 Å². The largest absolute Gasteiger partial charge is 0.653 e. The molecule has 219 valence electrons. The van der Waals surface area contributed by atoms with E-state index in [1.165, 1.54) is 0 Å². The van der Waals surface area contributed by atoms with Gasteiger partial charge in [0.25, 0.3) is 0 Å². The first kappa shape index (κ1) is 45.4. The van der Waals surface area contributed by atoms with Gasteiger partial charge < -0.3 is 74.1 Å². The van der Waals surface area contributed by atoms with Gasteiger partial charge in [0.1, 0.15) is 0 Å². The summed E-state index contributed by atoms with van der Waals surface area (Å²) in [5.41, 5.74) is 0. The van der Waals surface area contributed by atoms with E-state index in [0.717, 1.165) is 0 Å². The molecule has 35 radical (unpaired) electrons. The van der Waals surface area contributed by atoms with Crippen LogP contribution in [-0.4, -0.2) is 187 Å². The van der Waals surface area contributed by atoms with E-state index in [9.17, 15) is 0 Å². The first-order chi connectivity index (χ1) is 19.4. The zero-order valence-electron chi connectivity index (χ0n) is 21.8. The van der Waals surface area contributed by atoms with Gasteiger partial charge in [-0.25, -0.2) is 0 Å². The fourth-order valence-corrected chi connectivity index (χ4v) is 33.3. The van der Waals surface area contributed by atoms with E-state index >= 15 is 0 Å². The van der Waals surface area contributed by atoms with Crippen molar-refractivity contribution in [3.63, 3.8) is 0 Å². The number of hydrogen-bond acceptors (Lipinski definition) is 18. The molecular formula is C5H15O18Si19. The Kier molecular flexibility index (Phi) is 21.8. The lowest BCUT2D eigenvalue weighted by atomic mass is 11.8. The molecule has 0 aliphatic rings. The fourth-order valence-electron chi connectivity index (χ4n) is 2.37. The predicted octanol–water partition coefficient (Wildman–Crippen LogP) is -5.55. The minimum atomic E-state index is -5.23. The first-order valence-corrected chi connectivity index (χ1v) is 29.5. The monoisotopic (exact) mass is 895 g/mol. The van der Waals surface area contributed by atoms with Crippen molar-refractivity contribution in [2.45, 2.75) is 32.7 Å². The molecule has 0 saturated carbocycles. The van der Waals surface area contributed by atoms with Gasteiger partial charge in [0.2, 0.25) is 115 Å². The van der Waals surface area contributed by atoms with Gasteiger partial charge in [-0.3, -0.25) is 0 Å². The molecule has 18 nitrogen and oxygen atoms in total. The van der Waals surface area contributed by atoms with E-state index in [1.807, 2.05) is 19.6 Å². The highest BCUT2D eigenvalue weighted by Gasteiger charge is 2.72. The van der Waals surface area contributed by atoms with Gasteiger partial charge in [-0.1, -0.05) is 0 Å². The standard InChI is InChI=1S/C5H15O18Si19/c1-36(2,3)18-37(4,5)19-42(21-39(10-28,11-29)12-30,22-40(13-31,14-32)15-33)23-41(16-34,17-35-6-24)20-38(7-25,8-26)9-27/h1-5H3. The molecular weight excluding hydrogens is 882 g/mol. The van der Waals surface area contributed by atoms with Crippen molar-refractivity contribution in [3.05, 3.63) is 0 Å². The van der Waals surface area contributed by atoms with Gasteiger partial charge in [0, 0.05) is 0 Å². The summed E-state index contributed by atoms with van der Waals surface area (Å²) in [7, 11) is 1.21. The highest BCUT2D eigenvalue weighted by Crippen LogP contribution is 2.33. The van der Waals surface area contributed by atoms with E-state index in [-0.39, 0.29) is 0 Å². The van der Waals surface area contributed by atoms with Crippen molar-refractivity contribution < 1.29 is 74.1 Å². The maximum absolute atomic E-state index is 6.44. The Hall–Kier alpha value is 3.40. The minimum absolute atomic E-state index is 0.897. The molecule has 1 atom stereocenters. The van der Waals surface area contributed by atoms with Crippen LogP contribution in [-0.2, 0) is 74.1 Å². The maximum Gasteiger partial charge on any atom is 0.653 e. The topological polar surface area (TPSA) is 166 Å². The van der Waals surface area contributed by atoms with Crippen LogP contribution in [0.5, 0.6) is 0 Å². The summed E-state index contributed by atoms with van der Waals surface area (Å²) in [6.07, 6.45) is 0. The van der Waals surface area contributed by atoms with Crippen molar-refractivity contribution in [1.82, 2.24) is 0 Å². The molecule has 0 rings (SSSR count). The third-order valence-electron chi connectivity index (χ3n) is 3.38. The Morgan fingerprint density at radius 3 is 0.905 bits per heavy atom. The van der Waals surface area contributed by atoms with E-state index in [0.29, 0.717) is 0 Å². The third kappa shape index (κ3) is 14.1. The van der Waals surface area contributed by atoms with Gasteiger partial charge in [-0.15, -0.1) is 0 Å². The second-order valence-electron chi connectivity index (χ2n) is 7.93. The average Bonchev–Trinajstić information content (AvgIpc) is 2.95. The summed E-state index contributed by atoms with van der Waals surface area (Å²) in [5.74, 6) is 0. The quantitative estimate of drug-likeness (QED) is 0.0797. The zero-order chi connectivity index (χ0) is 32.9. The van der Waals surface area contributed by atoms with E-state index in [2.05, 4.69) is 115 Å². The summed E-state index contributed by atoms with van der Waals surface area (Å²) in [6.45, 7) is 9.04. The molecule has 0 aromatic carbocycles. The molecule has 0 aromatic heterocycles. The van der Waals surface area contributed by atoms with E-state index < -0.39 is 72.1 Å². The Bertz CT molecular complexity index is 702. The Morgan fingerprint density at radius 1 is 0.357 bits per heavy atom. The lowest BCUT2D eigenvalue weighted by Gasteiger charge is -2.45. The van der Waals surface area contributed by atoms with Crippen LogP contribution in [0.25, 0.3) is 0 Å². The minimum Gasteiger partial charge on any atom is -0.437 e. The molecule has 0 bridgehead atoms. The molecule has 0 saturated heterocycles. The fraction of sp³-hybridized carbons (Fsp3) is 1.00. The average molecular weight is 897 g/mol. The highest BCUT2D eigenvalue weighted by atomic mass is 28.6. The molecule has 0 aliphatic heterocycles. The number of rotatable bonds is 25. The van der Waals surface area contributed by atoms with Crippen molar-refractivity contribution >= 4 is 187 Å². The van der Waals surface area contributed by atoms with Crippen LogP contribution < -0.4 is 0 Å². The van der Waals surface area contributed by atoms with Gasteiger partial charge in [0.15, 0.2) is 8.32 Å². The Balaban J connectivity index is 7.68. The first-order valence-electron chi connectivity index (χ1n) is 9.85. The van der Waals surface area contributed by atoms with Crippen LogP contribution in [0, 0.1) is 0 Å². The predicted molar refractivity (Wildman–Crippen MR) is 158 cm³/mol. The van der Waals surface area contributed by atoms with Gasteiger partial charge >= 0.3 is 63.8 Å². The normalized spacial score (nSPS) is 15.7. The summed E-state index contributed by atoms with van der Waals surface area (Å²) in [5, 5.41) is 0. The summed E-state index contributed by atoms with van der Waals surface area (Å²) < 4.78 is 99.6. The molecule has 0 heterocycles. The van der Waals surface area contributed by atoms with Crippen LogP contribution in [0.4, 0.5) is 0 Å². The summed E-state index contributed by atoms with van der Waals surface area (Å²) >= 11 is 0. The van der Waals surface area contributed by atoms with Crippen LogP contribution in [0.15, 0.2) is 0 Å². The SMILES string of the molecule is C[Si](C)(C)O[Si](C)(C)O[Si](O[Si](O[Si])(O[Si])O[Si])(O[Si](O[Si])(O[Si])O[Si])O[Si](O[Si])(O[Si]O[Si])O[Si](O[Si])(O[Si])O[Si]. The molecule has 42 heavy (non-hydrogen) atoms. The molecule has 0 amide bonds. The Morgan fingerprint density at radius 2 is 0.643 bits per heavy atom. The van der Waals surface area contributed by atoms with Crippen molar-refractivity contribution in [1.29, 1.82) is 0 Å². The van der Waals surface area contributed by atoms with Crippen molar-refractivity contribution in [2.75, 3.05) is 0 Å². The van der Waals surface area contributed by atoms with Crippen molar-refractivity contribution in [3.8, 4) is 0 Å². The van der Waals surface area contributed by atoms with Crippen LogP contribution in [0.3, 0.4) is 0 Å². The highest BCUT2D eigenvalue weighted by molar-refractivity contribution is 6.90. The van der Waals surface area contributed by atoms with E-state index in [4.69, 9.17) is 74.1 Å². The molecule has 0 fully saturated rings. The molecule has 0 aliphatic carbocycles. The lowest BCUT2D eigenvalue weighted by Crippen LogP contribution is -2.74. The second-order valence-corrected chi connectivity index (χ2v) is 34.8. The molecule has 1 unspecified atom stereocenters. The smallest absolute Gasteiger partial charge is 0.437 e. The molecule has 37 heteroatoms. The number of hydrogen-bond donors (Lipinski definition) is 0. The second kappa shape index (κ2) is 20.2.